The van der Waals surface area contributed by atoms with Crippen LogP contribution in [-0.4, -0.2) is 26.5 Å². The first kappa shape index (κ1) is 19.9. The first-order chi connectivity index (χ1) is 13.8. The predicted octanol–water partition coefficient (Wildman–Crippen LogP) is 2.02. The van der Waals surface area contributed by atoms with Crippen LogP contribution in [-0.2, 0) is 6.54 Å². The summed E-state index contributed by atoms with van der Waals surface area (Å²) >= 11 is 0. The molecule has 3 rings (SSSR count). The molecular formula is C20H20N4O5. The van der Waals surface area contributed by atoms with E-state index in [9.17, 15) is 19.2 Å². The van der Waals surface area contributed by atoms with Gasteiger partial charge in [-0.15, -0.1) is 0 Å². The number of benzene rings is 2. The number of carbonyl (C=O) groups is 2. The summed E-state index contributed by atoms with van der Waals surface area (Å²) in [4.78, 5) is 50.7. The van der Waals surface area contributed by atoms with Crippen LogP contribution in [0.4, 0.5) is 11.5 Å². The van der Waals surface area contributed by atoms with Crippen molar-refractivity contribution in [1.82, 2.24) is 9.55 Å². The van der Waals surface area contributed by atoms with E-state index < -0.39 is 23.1 Å². The zero-order valence-corrected chi connectivity index (χ0v) is 15.7. The van der Waals surface area contributed by atoms with Crippen molar-refractivity contribution in [2.75, 3.05) is 11.1 Å². The standard InChI is InChI=1S/C20H20N4O5/c1-2-3-8-24-18(26)15(16(21)23-20(24)29)22-17(25)13-6-4-12-10-14(19(27)28)7-5-11(12)9-13/h4-7,9-10H,2-3,8,21H2,1H3,(H,22,25)(H,23,29)(H,27,28). The molecule has 1 amide bonds. The van der Waals surface area contributed by atoms with Crippen molar-refractivity contribution in [3.63, 3.8) is 0 Å². The van der Waals surface area contributed by atoms with Crippen molar-refractivity contribution in [2.45, 2.75) is 26.3 Å². The highest BCUT2D eigenvalue weighted by atomic mass is 16.4. The van der Waals surface area contributed by atoms with E-state index in [0.717, 1.165) is 11.0 Å². The van der Waals surface area contributed by atoms with Gasteiger partial charge in [0.05, 0.1) is 5.56 Å². The van der Waals surface area contributed by atoms with Gasteiger partial charge >= 0.3 is 11.7 Å². The summed E-state index contributed by atoms with van der Waals surface area (Å²) < 4.78 is 1.00. The molecule has 1 aromatic heterocycles. The number of aromatic carboxylic acids is 1. The maximum Gasteiger partial charge on any atom is 0.335 e. The number of anilines is 2. The van der Waals surface area contributed by atoms with Crippen molar-refractivity contribution in [2.24, 2.45) is 0 Å². The van der Waals surface area contributed by atoms with Crippen LogP contribution >= 0.6 is 0 Å². The third kappa shape index (κ3) is 4.03. The summed E-state index contributed by atoms with van der Waals surface area (Å²) in [5, 5.41) is 12.9. The zero-order chi connectivity index (χ0) is 21.1. The molecule has 0 saturated carbocycles. The number of carbonyl (C=O) groups excluding carboxylic acids is 1. The van der Waals surface area contributed by atoms with Gasteiger partial charge in [0.15, 0.2) is 0 Å². The molecule has 29 heavy (non-hydrogen) atoms. The molecule has 9 heteroatoms. The number of aromatic amines is 1. The number of aromatic nitrogens is 2. The molecule has 0 aliphatic carbocycles. The SMILES string of the molecule is CCCCn1c(=O)[nH]c(N)c(NC(=O)c2ccc3cc(C(=O)O)ccc3c2)c1=O. The molecule has 0 atom stereocenters. The Bertz CT molecular complexity index is 1230. The number of rotatable bonds is 6. The van der Waals surface area contributed by atoms with E-state index in [0.29, 0.717) is 17.2 Å². The Labute approximate surface area is 164 Å². The monoisotopic (exact) mass is 396 g/mol. The van der Waals surface area contributed by atoms with E-state index >= 15 is 0 Å². The lowest BCUT2D eigenvalue weighted by Gasteiger charge is -2.11. The highest BCUT2D eigenvalue weighted by Crippen LogP contribution is 2.19. The van der Waals surface area contributed by atoms with Gasteiger partial charge in [0.2, 0.25) is 0 Å². The molecule has 3 aromatic rings. The van der Waals surface area contributed by atoms with Gasteiger partial charge in [0, 0.05) is 12.1 Å². The molecule has 1 heterocycles. The number of nitrogens with zero attached hydrogens (tertiary/aromatic N) is 1. The van der Waals surface area contributed by atoms with Crippen molar-refractivity contribution < 1.29 is 14.7 Å². The van der Waals surface area contributed by atoms with Crippen molar-refractivity contribution >= 4 is 34.2 Å². The van der Waals surface area contributed by atoms with Gasteiger partial charge in [-0.2, -0.15) is 0 Å². The Morgan fingerprint density at radius 2 is 1.72 bits per heavy atom. The van der Waals surface area contributed by atoms with E-state index in [1.807, 2.05) is 6.92 Å². The normalized spacial score (nSPS) is 10.8. The Hall–Kier alpha value is -3.88. The fourth-order valence-corrected chi connectivity index (χ4v) is 2.93. The highest BCUT2D eigenvalue weighted by molar-refractivity contribution is 6.07. The molecule has 0 unspecified atom stereocenters. The second-order valence-electron chi connectivity index (χ2n) is 6.57. The summed E-state index contributed by atoms with van der Waals surface area (Å²) in [6.07, 6.45) is 1.42. The largest absolute Gasteiger partial charge is 0.478 e. The number of hydrogen-bond donors (Lipinski definition) is 4. The minimum Gasteiger partial charge on any atom is -0.478 e. The van der Waals surface area contributed by atoms with E-state index in [1.165, 1.54) is 18.2 Å². The maximum atomic E-state index is 12.6. The van der Waals surface area contributed by atoms with Gasteiger partial charge in [-0.1, -0.05) is 25.5 Å². The van der Waals surface area contributed by atoms with Crippen molar-refractivity contribution in [3.05, 3.63) is 68.4 Å². The predicted molar refractivity (Wildman–Crippen MR) is 110 cm³/mol. The van der Waals surface area contributed by atoms with Crippen molar-refractivity contribution in [3.8, 4) is 0 Å². The van der Waals surface area contributed by atoms with Crippen LogP contribution in [0.15, 0.2) is 46.0 Å². The Morgan fingerprint density at radius 3 is 2.34 bits per heavy atom. The summed E-state index contributed by atoms with van der Waals surface area (Å²) in [6, 6.07) is 9.26. The molecule has 0 radical (unpaired) electrons. The van der Waals surface area contributed by atoms with Crippen LogP contribution in [0.2, 0.25) is 0 Å². The number of H-pyrrole nitrogens is 1. The number of nitrogens with one attached hydrogen (secondary N) is 2. The number of carboxylic acids is 1. The zero-order valence-electron chi connectivity index (χ0n) is 15.7. The molecule has 5 N–H and O–H groups in total. The summed E-state index contributed by atoms with van der Waals surface area (Å²) in [7, 11) is 0. The van der Waals surface area contributed by atoms with Gasteiger partial charge in [0.25, 0.3) is 11.5 Å². The number of carboxylic acid groups (broad SMARTS) is 1. The van der Waals surface area contributed by atoms with Crippen LogP contribution in [0, 0.1) is 0 Å². The molecule has 0 aliphatic rings. The molecule has 0 spiro atoms. The first-order valence-corrected chi connectivity index (χ1v) is 9.03. The fraction of sp³-hybridized carbons (Fsp3) is 0.200. The van der Waals surface area contributed by atoms with Crippen LogP contribution in [0.1, 0.15) is 40.5 Å². The van der Waals surface area contributed by atoms with Crippen LogP contribution in [0.3, 0.4) is 0 Å². The number of hydrogen-bond acceptors (Lipinski definition) is 5. The number of nitrogen functional groups attached to an aromatic ring is 1. The third-order valence-electron chi connectivity index (χ3n) is 4.54. The van der Waals surface area contributed by atoms with E-state index in [4.69, 9.17) is 10.8 Å². The second kappa shape index (κ2) is 8.01. The summed E-state index contributed by atoms with van der Waals surface area (Å²) in [5.41, 5.74) is 4.66. The molecule has 0 fully saturated rings. The van der Waals surface area contributed by atoms with Gasteiger partial charge in [-0.05, 0) is 41.5 Å². The lowest BCUT2D eigenvalue weighted by molar-refractivity contribution is 0.0697. The average Bonchev–Trinajstić information content (AvgIpc) is 2.69. The van der Waals surface area contributed by atoms with Gasteiger partial charge in [-0.25, -0.2) is 9.59 Å². The topological polar surface area (TPSA) is 147 Å². The summed E-state index contributed by atoms with van der Waals surface area (Å²) in [5.74, 6) is -1.83. The lowest BCUT2D eigenvalue weighted by Crippen LogP contribution is -2.38. The van der Waals surface area contributed by atoms with E-state index in [2.05, 4.69) is 10.3 Å². The molecule has 0 bridgehead atoms. The number of fused-ring (bicyclic) bond motifs is 1. The molecule has 2 aromatic carbocycles. The van der Waals surface area contributed by atoms with Crippen LogP contribution < -0.4 is 22.3 Å². The minimum atomic E-state index is -1.04. The number of nitrogens with two attached hydrogens (primary N) is 1. The average molecular weight is 396 g/mol. The van der Waals surface area contributed by atoms with Gasteiger partial charge in [0.1, 0.15) is 11.5 Å². The minimum absolute atomic E-state index is 0.142. The molecule has 150 valence electrons. The first-order valence-electron chi connectivity index (χ1n) is 9.03. The number of unbranched alkanes of at least 4 members (excludes halogenated alkanes) is 1. The van der Waals surface area contributed by atoms with E-state index in [1.54, 1.807) is 18.2 Å². The molecule has 0 saturated heterocycles. The van der Waals surface area contributed by atoms with Crippen LogP contribution in [0.5, 0.6) is 0 Å². The summed E-state index contributed by atoms with van der Waals surface area (Å²) in [6.45, 7) is 2.15. The second-order valence-corrected chi connectivity index (χ2v) is 6.57. The maximum absolute atomic E-state index is 12.6. The molecule has 0 aliphatic heterocycles. The quantitative estimate of drug-likeness (QED) is 0.501. The Balaban J connectivity index is 1.94. The van der Waals surface area contributed by atoms with Gasteiger partial charge in [-0.3, -0.25) is 19.1 Å². The smallest absolute Gasteiger partial charge is 0.335 e. The van der Waals surface area contributed by atoms with E-state index in [-0.39, 0.29) is 29.2 Å². The third-order valence-corrected chi connectivity index (χ3v) is 4.54. The van der Waals surface area contributed by atoms with Crippen LogP contribution in [0.25, 0.3) is 10.8 Å². The Morgan fingerprint density at radius 1 is 1.10 bits per heavy atom. The Kier molecular flexibility index (Phi) is 5.49. The number of amides is 1. The van der Waals surface area contributed by atoms with Gasteiger partial charge < -0.3 is 16.2 Å². The molecular weight excluding hydrogens is 376 g/mol. The fourth-order valence-electron chi connectivity index (χ4n) is 2.93. The highest BCUT2D eigenvalue weighted by Gasteiger charge is 2.16. The molecule has 9 nitrogen and oxygen atoms in total. The van der Waals surface area contributed by atoms with Crippen molar-refractivity contribution in [1.29, 1.82) is 0 Å². The lowest BCUT2D eigenvalue weighted by atomic mass is 10.0.